The summed E-state index contributed by atoms with van der Waals surface area (Å²) in [6.45, 7) is 6.43. The first-order valence-electron chi connectivity index (χ1n) is 12.2. The van der Waals surface area contributed by atoms with E-state index in [0.717, 1.165) is 47.5 Å². The molecular weight excluding hydrogens is 438 g/mol. The standard InChI is InChI=1S/C29H33N3O3/c1-3-35-27-15-13-26(14-16-27)31-29(34)32-17-7-12-25(20-32)22-10-6-11-23(18-22)28(33)30-19-24-9-5-4-8-21(24)2/h4-6,8-11,13-16,18,25H,3,7,12,17,19-20H2,1-2H3,(H,30,33)(H,31,34)/t25-/m0/s1. The second kappa shape index (κ2) is 11.6. The predicted octanol–water partition coefficient (Wildman–Crippen LogP) is 5.74. The molecule has 0 unspecified atom stereocenters. The highest BCUT2D eigenvalue weighted by molar-refractivity contribution is 5.94. The van der Waals surface area contributed by atoms with E-state index in [9.17, 15) is 9.59 Å². The number of carbonyl (C=O) groups excluding carboxylic acids is 2. The number of urea groups is 1. The van der Waals surface area contributed by atoms with Crippen molar-refractivity contribution in [1.82, 2.24) is 10.2 Å². The Labute approximate surface area is 207 Å². The van der Waals surface area contributed by atoms with Crippen molar-refractivity contribution in [2.24, 2.45) is 0 Å². The number of hydrogen-bond acceptors (Lipinski definition) is 3. The topological polar surface area (TPSA) is 70.7 Å². The van der Waals surface area contributed by atoms with Gasteiger partial charge in [0.05, 0.1) is 6.61 Å². The number of nitrogens with one attached hydrogen (secondary N) is 2. The highest BCUT2D eigenvalue weighted by Crippen LogP contribution is 2.28. The van der Waals surface area contributed by atoms with Gasteiger partial charge in [-0.2, -0.15) is 0 Å². The molecule has 6 nitrogen and oxygen atoms in total. The number of benzene rings is 3. The van der Waals surface area contributed by atoms with Gasteiger partial charge in [0.15, 0.2) is 0 Å². The summed E-state index contributed by atoms with van der Waals surface area (Å²) in [5.74, 6) is 0.890. The van der Waals surface area contributed by atoms with Crippen LogP contribution in [0.25, 0.3) is 0 Å². The van der Waals surface area contributed by atoms with E-state index < -0.39 is 0 Å². The number of ether oxygens (including phenoxy) is 1. The van der Waals surface area contributed by atoms with Gasteiger partial charge in [-0.05, 0) is 79.8 Å². The quantitative estimate of drug-likeness (QED) is 0.462. The van der Waals surface area contributed by atoms with E-state index in [1.807, 2.05) is 85.5 Å². The monoisotopic (exact) mass is 471 g/mol. The number of likely N-dealkylation sites (tertiary alicyclic amines) is 1. The van der Waals surface area contributed by atoms with E-state index in [4.69, 9.17) is 4.74 Å². The predicted molar refractivity (Wildman–Crippen MR) is 139 cm³/mol. The van der Waals surface area contributed by atoms with Crippen LogP contribution in [-0.4, -0.2) is 36.5 Å². The number of rotatable bonds is 7. The summed E-state index contributed by atoms with van der Waals surface area (Å²) in [6.07, 6.45) is 1.91. The van der Waals surface area contributed by atoms with Crippen LogP contribution in [0.15, 0.2) is 72.8 Å². The van der Waals surface area contributed by atoms with Gasteiger partial charge in [0.2, 0.25) is 0 Å². The largest absolute Gasteiger partial charge is 0.494 e. The van der Waals surface area contributed by atoms with Crippen molar-refractivity contribution in [3.8, 4) is 5.75 Å². The van der Waals surface area contributed by atoms with E-state index in [2.05, 4.69) is 16.7 Å². The van der Waals surface area contributed by atoms with E-state index in [0.29, 0.717) is 25.3 Å². The first-order chi connectivity index (χ1) is 17.0. The molecule has 1 aliphatic rings. The van der Waals surface area contributed by atoms with Gasteiger partial charge in [-0.3, -0.25) is 4.79 Å². The zero-order valence-electron chi connectivity index (χ0n) is 20.4. The summed E-state index contributed by atoms with van der Waals surface area (Å²) >= 11 is 0. The first-order valence-corrected chi connectivity index (χ1v) is 12.2. The fourth-order valence-electron chi connectivity index (χ4n) is 4.46. The van der Waals surface area contributed by atoms with E-state index in [1.54, 1.807) is 0 Å². The van der Waals surface area contributed by atoms with Crippen molar-refractivity contribution in [3.05, 3.63) is 95.1 Å². The molecule has 0 bridgehead atoms. The molecule has 1 fully saturated rings. The highest BCUT2D eigenvalue weighted by Gasteiger charge is 2.25. The maximum atomic E-state index is 12.9. The fraction of sp³-hybridized carbons (Fsp3) is 0.310. The lowest BCUT2D eigenvalue weighted by molar-refractivity contribution is 0.0950. The Morgan fingerprint density at radius 1 is 1.03 bits per heavy atom. The van der Waals surface area contributed by atoms with Crippen molar-refractivity contribution in [2.45, 2.75) is 39.2 Å². The molecule has 182 valence electrons. The first kappa shape index (κ1) is 24.3. The molecule has 1 aliphatic heterocycles. The van der Waals surface area contributed by atoms with Crippen LogP contribution >= 0.6 is 0 Å². The highest BCUT2D eigenvalue weighted by atomic mass is 16.5. The Morgan fingerprint density at radius 3 is 2.60 bits per heavy atom. The van der Waals surface area contributed by atoms with Crippen LogP contribution in [-0.2, 0) is 6.54 Å². The van der Waals surface area contributed by atoms with Crippen LogP contribution in [0.3, 0.4) is 0 Å². The zero-order valence-corrected chi connectivity index (χ0v) is 20.4. The van der Waals surface area contributed by atoms with Crippen molar-refractivity contribution < 1.29 is 14.3 Å². The summed E-state index contributed by atoms with van der Waals surface area (Å²) in [6, 6.07) is 23.1. The molecule has 6 heteroatoms. The van der Waals surface area contributed by atoms with Crippen LogP contribution in [0.4, 0.5) is 10.5 Å². The molecule has 0 aromatic heterocycles. The Hall–Kier alpha value is -3.80. The third kappa shape index (κ3) is 6.41. The minimum absolute atomic E-state index is 0.0870. The Kier molecular flexibility index (Phi) is 8.03. The SMILES string of the molecule is CCOc1ccc(NC(=O)N2CCC[C@H](c3cccc(C(=O)NCc4ccccc4C)c3)C2)cc1. The van der Waals surface area contributed by atoms with Crippen molar-refractivity contribution in [2.75, 3.05) is 25.0 Å². The lowest BCUT2D eigenvalue weighted by Gasteiger charge is -2.33. The van der Waals surface area contributed by atoms with Gasteiger partial charge in [-0.25, -0.2) is 4.79 Å². The average Bonchev–Trinajstić information content (AvgIpc) is 2.89. The van der Waals surface area contributed by atoms with Gasteiger partial charge in [0, 0.05) is 36.8 Å². The Bertz CT molecular complexity index is 1160. The lowest BCUT2D eigenvalue weighted by Crippen LogP contribution is -2.41. The number of anilines is 1. The maximum Gasteiger partial charge on any atom is 0.321 e. The maximum absolute atomic E-state index is 12.9. The summed E-state index contributed by atoms with van der Waals surface area (Å²) in [5, 5.41) is 6.02. The van der Waals surface area contributed by atoms with Gasteiger partial charge < -0.3 is 20.3 Å². The van der Waals surface area contributed by atoms with Crippen molar-refractivity contribution >= 4 is 17.6 Å². The number of amides is 3. The van der Waals surface area contributed by atoms with Crippen LogP contribution in [0.1, 0.15) is 52.7 Å². The Morgan fingerprint density at radius 2 is 1.83 bits per heavy atom. The molecule has 0 aliphatic carbocycles. The van der Waals surface area contributed by atoms with Gasteiger partial charge in [0.1, 0.15) is 5.75 Å². The average molecular weight is 472 g/mol. The molecular formula is C29H33N3O3. The molecule has 3 aromatic carbocycles. The van der Waals surface area contributed by atoms with Crippen LogP contribution in [0.5, 0.6) is 5.75 Å². The molecule has 3 aromatic rings. The van der Waals surface area contributed by atoms with E-state index >= 15 is 0 Å². The number of aryl methyl sites for hydroxylation is 1. The smallest absolute Gasteiger partial charge is 0.321 e. The van der Waals surface area contributed by atoms with Crippen molar-refractivity contribution in [3.63, 3.8) is 0 Å². The van der Waals surface area contributed by atoms with Crippen molar-refractivity contribution in [1.29, 1.82) is 0 Å². The normalized spacial score (nSPS) is 15.4. The number of hydrogen-bond donors (Lipinski definition) is 2. The second-order valence-electron chi connectivity index (χ2n) is 8.91. The lowest BCUT2D eigenvalue weighted by atomic mass is 9.89. The molecule has 4 rings (SSSR count). The van der Waals surface area contributed by atoms with Gasteiger partial charge in [-0.1, -0.05) is 36.4 Å². The van der Waals surface area contributed by atoms with Crippen LogP contribution in [0.2, 0.25) is 0 Å². The molecule has 0 spiro atoms. The van der Waals surface area contributed by atoms with Crippen LogP contribution < -0.4 is 15.4 Å². The molecule has 1 saturated heterocycles. The third-order valence-corrected chi connectivity index (χ3v) is 6.45. The summed E-state index contributed by atoms with van der Waals surface area (Å²) in [4.78, 5) is 27.6. The van der Waals surface area contributed by atoms with Gasteiger partial charge >= 0.3 is 6.03 Å². The summed E-state index contributed by atoms with van der Waals surface area (Å²) < 4.78 is 5.46. The minimum Gasteiger partial charge on any atom is -0.494 e. The molecule has 35 heavy (non-hydrogen) atoms. The van der Waals surface area contributed by atoms with E-state index in [-0.39, 0.29) is 17.9 Å². The molecule has 0 radical (unpaired) electrons. The molecule has 2 N–H and O–H groups in total. The van der Waals surface area contributed by atoms with Crippen LogP contribution in [0, 0.1) is 6.92 Å². The molecule has 3 amide bonds. The fourth-order valence-corrected chi connectivity index (χ4v) is 4.46. The molecule has 1 atom stereocenters. The Balaban J connectivity index is 1.36. The summed E-state index contributed by atoms with van der Waals surface area (Å²) in [5.41, 5.74) is 4.75. The minimum atomic E-state index is -0.106. The summed E-state index contributed by atoms with van der Waals surface area (Å²) in [7, 11) is 0. The van der Waals surface area contributed by atoms with Gasteiger partial charge in [0.25, 0.3) is 5.91 Å². The van der Waals surface area contributed by atoms with Gasteiger partial charge in [-0.15, -0.1) is 0 Å². The molecule has 0 saturated carbocycles. The second-order valence-corrected chi connectivity index (χ2v) is 8.91. The number of carbonyl (C=O) groups is 2. The molecule has 1 heterocycles. The van der Waals surface area contributed by atoms with E-state index in [1.165, 1.54) is 0 Å². The number of nitrogens with zero attached hydrogens (tertiary/aromatic N) is 1. The zero-order chi connectivity index (χ0) is 24.6. The number of piperidine rings is 1. The third-order valence-electron chi connectivity index (χ3n) is 6.45.